The Kier molecular flexibility index (Phi) is 3.48. The number of carbonyl (C=O) groups excluding carboxylic acids is 1. The molecule has 2 N–H and O–H groups in total. The summed E-state index contributed by atoms with van der Waals surface area (Å²) in [7, 11) is 0. The molecule has 100 valence electrons. The molecule has 4 nitrogen and oxygen atoms in total. The lowest BCUT2D eigenvalue weighted by Gasteiger charge is -2.33. The van der Waals surface area contributed by atoms with Crippen LogP contribution >= 0.6 is 0 Å². The number of nitrogens with zero attached hydrogens (tertiary/aromatic N) is 1. The number of hydrogen-bond acceptors (Lipinski definition) is 2. The SMILES string of the molecule is CCNC(=O)Cn1ccc2c1CC(C)(C)CC2O. The van der Waals surface area contributed by atoms with E-state index in [9.17, 15) is 9.90 Å². The first-order valence-corrected chi connectivity index (χ1v) is 6.55. The Morgan fingerprint density at radius 1 is 1.61 bits per heavy atom. The van der Waals surface area contributed by atoms with Gasteiger partial charge in [-0.2, -0.15) is 0 Å². The normalized spacial score (nSPS) is 21.4. The maximum atomic E-state index is 11.6. The van der Waals surface area contributed by atoms with E-state index in [1.807, 2.05) is 23.8 Å². The van der Waals surface area contributed by atoms with Crippen LogP contribution in [0.4, 0.5) is 0 Å². The summed E-state index contributed by atoms with van der Waals surface area (Å²) in [6, 6.07) is 1.94. The quantitative estimate of drug-likeness (QED) is 0.856. The molecule has 1 amide bonds. The summed E-state index contributed by atoms with van der Waals surface area (Å²) < 4.78 is 1.96. The minimum atomic E-state index is -0.403. The Labute approximate surface area is 108 Å². The molecule has 0 saturated heterocycles. The van der Waals surface area contributed by atoms with E-state index in [1.54, 1.807) is 0 Å². The van der Waals surface area contributed by atoms with E-state index in [0.717, 1.165) is 24.1 Å². The largest absolute Gasteiger partial charge is 0.388 e. The summed E-state index contributed by atoms with van der Waals surface area (Å²) in [6.07, 6.45) is 3.20. The molecule has 1 aromatic rings. The van der Waals surface area contributed by atoms with Crippen LogP contribution in [0.25, 0.3) is 0 Å². The Bertz CT molecular complexity index is 449. The van der Waals surface area contributed by atoms with E-state index in [1.165, 1.54) is 0 Å². The molecule has 1 aromatic heterocycles. The monoisotopic (exact) mass is 250 g/mol. The maximum absolute atomic E-state index is 11.6. The number of amides is 1. The second-order valence-corrected chi connectivity index (χ2v) is 5.86. The van der Waals surface area contributed by atoms with Crippen LogP contribution < -0.4 is 5.32 Å². The predicted molar refractivity (Wildman–Crippen MR) is 70.2 cm³/mol. The number of hydrogen-bond donors (Lipinski definition) is 2. The minimum Gasteiger partial charge on any atom is -0.388 e. The first-order valence-electron chi connectivity index (χ1n) is 6.55. The third kappa shape index (κ3) is 2.58. The van der Waals surface area contributed by atoms with Gasteiger partial charge in [0, 0.05) is 24.0 Å². The Morgan fingerprint density at radius 3 is 3.00 bits per heavy atom. The molecular formula is C14H22N2O2. The van der Waals surface area contributed by atoms with Crippen molar-refractivity contribution in [3.63, 3.8) is 0 Å². The molecule has 18 heavy (non-hydrogen) atoms. The molecule has 0 radical (unpaired) electrons. The molecule has 4 heteroatoms. The molecule has 1 atom stereocenters. The highest BCUT2D eigenvalue weighted by atomic mass is 16.3. The van der Waals surface area contributed by atoms with Crippen LogP contribution in [0, 0.1) is 5.41 Å². The molecule has 0 spiro atoms. The van der Waals surface area contributed by atoms with Gasteiger partial charge >= 0.3 is 0 Å². The van der Waals surface area contributed by atoms with E-state index >= 15 is 0 Å². The number of nitrogens with one attached hydrogen (secondary N) is 1. The smallest absolute Gasteiger partial charge is 0.239 e. The van der Waals surface area contributed by atoms with Gasteiger partial charge in [-0.05, 0) is 31.2 Å². The highest BCUT2D eigenvalue weighted by Gasteiger charge is 2.33. The zero-order chi connectivity index (χ0) is 13.3. The lowest BCUT2D eigenvalue weighted by atomic mass is 9.75. The average Bonchev–Trinajstić information content (AvgIpc) is 2.60. The zero-order valence-electron chi connectivity index (χ0n) is 11.4. The van der Waals surface area contributed by atoms with Crippen molar-refractivity contribution in [3.05, 3.63) is 23.5 Å². The number of aromatic nitrogens is 1. The van der Waals surface area contributed by atoms with Crippen molar-refractivity contribution in [1.82, 2.24) is 9.88 Å². The highest BCUT2D eigenvalue weighted by Crippen LogP contribution is 2.40. The summed E-state index contributed by atoms with van der Waals surface area (Å²) in [5.41, 5.74) is 2.17. The Balaban J connectivity index is 2.23. The summed E-state index contributed by atoms with van der Waals surface area (Å²) in [6.45, 7) is 7.21. The molecular weight excluding hydrogens is 228 g/mol. The van der Waals surface area contributed by atoms with Crippen LogP contribution in [0.15, 0.2) is 12.3 Å². The third-order valence-corrected chi connectivity index (χ3v) is 3.55. The van der Waals surface area contributed by atoms with Gasteiger partial charge in [-0.15, -0.1) is 0 Å². The van der Waals surface area contributed by atoms with Crippen molar-refractivity contribution in [2.24, 2.45) is 5.41 Å². The molecule has 1 heterocycles. The fourth-order valence-electron chi connectivity index (χ4n) is 2.74. The van der Waals surface area contributed by atoms with Crippen molar-refractivity contribution in [1.29, 1.82) is 0 Å². The first-order chi connectivity index (χ1) is 8.43. The Hall–Kier alpha value is -1.29. The topological polar surface area (TPSA) is 54.3 Å². The second kappa shape index (κ2) is 4.76. The summed E-state index contributed by atoms with van der Waals surface area (Å²) in [5, 5.41) is 12.9. The molecule has 0 bridgehead atoms. The second-order valence-electron chi connectivity index (χ2n) is 5.86. The van der Waals surface area contributed by atoms with Crippen molar-refractivity contribution >= 4 is 5.91 Å². The Morgan fingerprint density at radius 2 is 2.33 bits per heavy atom. The molecule has 2 rings (SSSR count). The summed E-state index contributed by atoms with van der Waals surface area (Å²) in [4.78, 5) is 11.6. The van der Waals surface area contributed by atoms with Crippen LogP contribution in [-0.4, -0.2) is 22.1 Å². The molecule has 0 fully saturated rings. The number of carbonyl (C=O) groups is 1. The molecule has 1 aliphatic carbocycles. The summed E-state index contributed by atoms with van der Waals surface area (Å²) >= 11 is 0. The molecule has 0 aromatic carbocycles. The number of rotatable bonds is 3. The zero-order valence-corrected chi connectivity index (χ0v) is 11.4. The van der Waals surface area contributed by atoms with Gasteiger partial charge < -0.3 is 15.0 Å². The number of aliphatic hydroxyl groups is 1. The van der Waals surface area contributed by atoms with E-state index in [4.69, 9.17) is 0 Å². The minimum absolute atomic E-state index is 0.0220. The van der Waals surface area contributed by atoms with Gasteiger partial charge in [0.25, 0.3) is 0 Å². The summed E-state index contributed by atoms with van der Waals surface area (Å²) in [5.74, 6) is 0.0220. The van der Waals surface area contributed by atoms with Gasteiger partial charge in [-0.3, -0.25) is 4.79 Å². The van der Waals surface area contributed by atoms with Gasteiger partial charge in [-0.25, -0.2) is 0 Å². The molecule has 0 aliphatic heterocycles. The van der Waals surface area contributed by atoms with Crippen LogP contribution in [0.5, 0.6) is 0 Å². The van der Waals surface area contributed by atoms with Gasteiger partial charge in [0.05, 0.1) is 6.10 Å². The van der Waals surface area contributed by atoms with E-state index in [2.05, 4.69) is 19.2 Å². The van der Waals surface area contributed by atoms with E-state index < -0.39 is 6.10 Å². The molecule has 1 aliphatic rings. The average molecular weight is 250 g/mol. The molecule has 0 saturated carbocycles. The number of likely N-dealkylation sites (N-methyl/N-ethyl adjacent to an activating group) is 1. The predicted octanol–water partition coefficient (Wildman–Crippen LogP) is 1.63. The van der Waals surface area contributed by atoms with Gasteiger partial charge in [0.15, 0.2) is 0 Å². The van der Waals surface area contributed by atoms with Crippen LogP contribution in [0.3, 0.4) is 0 Å². The van der Waals surface area contributed by atoms with Crippen molar-refractivity contribution in [2.75, 3.05) is 6.54 Å². The first kappa shape index (κ1) is 13.1. The molecule has 1 unspecified atom stereocenters. The van der Waals surface area contributed by atoms with Crippen LogP contribution in [0.2, 0.25) is 0 Å². The van der Waals surface area contributed by atoms with Gasteiger partial charge in [0.2, 0.25) is 5.91 Å². The fourth-order valence-corrected chi connectivity index (χ4v) is 2.74. The maximum Gasteiger partial charge on any atom is 0.239 e. The van der Waals surface area contributed by atoms with Crippen LogP contribution in [0.1, 0.15) is 44.6 Å². The third-order valence-electron chi connectivity index (χ3n) is 3.55. The van der Waals surface area contributed by atoms with E-state index in [0.29, 0.717) is 13.1 Å². The van der Waals surface area contributed by atoms with Crippen molar-refractivity contribution in [2.45, 2.75) is 46.3 Å². The van der Waals surface area contributed by atoms with Gasteiger partial charge in [0.1, 0.15) is 6.54 Å². The highest BCUT2D eigenvalue weighted by molar-refractivity contribution is 5.75. The lowest BCUT2D eigenvalue weighted by Crippen LogP contribution is -2.30. The number of fused-ring (bicyclic) bond motifs is 1. The van der Waals surface area contributed by atoms with E-state index in [-0.39, 0.29) is 11.3 Å². The lowest BCUT2D eigenvalue weighted by molar-refractivity contribution is -0.121. The number of aliphatic hydroxyl groups excluding tert-OH is 1. The van der Waals surface area contributed by atoms with Gasteiger partial charge in [-0.1, -0.05) is 13.8 Å². The standard InChI is InChI=1S/C14H22N2O2/c1-4-15-13(18)9-16-6-5-10-11(16)7-14(2,3)8-12(10)17/h5-6,12,17H,4,7-9H2,1-3H3,(H,15,18). The fraction of sp³-hybridized carbons (Fsp3) is 0.643. The van der Waals surface area contributed by atoms with Crippen LogP contribution in [-0.2, 0) is 17.8 Å². The van der Waals surface area contributed by atoms with Crippen molar-refractivity contribution < 1.29 is 9.90 Å². The van der Waals surface area contributed by atoms with Crippen molar-refractivity contribution in [3.8, 4) is 0 Å².